The van der Waals surface area contributed by atoms with Gasteiger partial charge in [0.05, 0.1) is 0 Å². The van der Waals surface area contributed by atoms with E-state index in [1.54, 1.807) is 27.0 Å². The molecule has 1 aromatic rings. The first-order valence-corrected chi connectivity index (χ1v) is 6.96. The molecule has 0 atom stereocenters. The van der Waals surface area contributed by atoms with Gasteiger partial charge in [-0.1, -0.05) is 30.3 Å². The molecule has 0 spiro atoms. The normalized spacial score (nSPS) is 10.5. The van der Waals surface area contributed by atoms with Gasteiger partial charge in [0.15, 0.2) is 6.19 Å². The first kappa shape index (κ1) is 17.5. The highest BCUT2D eigenvalue weighted by Crippen LogP contribution is 2.12. The summed E-state index contributed by atoms with van der Waals surface area (Å²) < 4.78 is 5.23. The number of hydrogen-bond acceptors (Lipinski definition) is 4. The quantitative estimate of drug-likeness (QED) is 0.635. The van der Waals surface area contributed by atoms with Gasteiger partial charge in [0.25, 0.3) is 0 Å². The minimum Gasteiger partial charge on any atom is -0.443 e. The Morgan fingerprint density at radius 2 is 1.82 bits per heavy atom. The Balaban J connectivity index is 2.85. The SMILES string of the molecule is CN(C#N)C(=O)N(CCc1ccccc1)C(=O)OC(C)(C)C. The lowest BCUT2D eigenvalue weighted by Crippen LogP contribution is -2.46. The number of carbonyl (C=O) groups excluding carboxylic acids is 2. The summed E-state index contributed by atoms with van der Waals surface area (Å²) >= 11 is 0. The lowest BCUT2D eigenvalue weighted by Gasteiger charge is -2.27. The molecular formula is C16H21N3O3. The van der Waals surface area contributed by atoms with E-state index in [4.69, 9.17) is 10.00 Å². The lowest BCUT2D eigenvalue weighted by atomic mass is 10.1. The van der Waals surface area contributed by atoms with Crippen LogP contribution in [0.4, 0.5) is 9.59 Å². The summed E-state index contributed by atoms with van der Waals surface area (Å²) in [5.74, 6) is 0. The summed E-state index contributed by atoms with van der Waals surface area (Å²) in [5.41, 5.74) is 0.275. The summed E-state index contributed by atoms with van der Waals surface area (Å²) in [5, 5.41) is 8.83. The third-order valence-electron chi connectivity index (χ3n) is 2.75. The standard InChI is InChI=1S/C16H21N3O3/c1-16(2,3)22-15(21)19(14(20)18(4)12-17)11-10-13-8-6-5-7-9-13/h5-9H,10-11H2,1-4H3. The van der Waals surface area contributed by atoms with Crippen LogP contribution in [0.3, 0.4) is 0 Å². The maximum absolute atomic E-state index is 12.2. The monoisotopic (exact) mass is 303 g/mol. The maximum Gasteiger partial charge on any atom is 0.418 e. The van der Waals surface area contributed by atoms with E-state index < -0.39 is 17.7 Å². The number of carbonyl (C=O) groups is 2. The van der Waals surface area contributed by atoms with Crippen LogP contribution in [0.5, 0.6) is 0 Å². The molecule has 6 heteroatoms. The van der Waals surface area contributed by atoms with Crippen molar-refractivity contribution in [1.82, 2.24) is 9.80 Å². The predicted molar refractivity (Wildman–Crippen MR) is 81.9 cm³/mol. The summed E-state index contributed by atoms with van der Waals surface area (Å²) in [6.45, 7) is 5.31. The second-order valence-electron chi connectivity index (χ2n) is 5.81. The van der Waals surface area contributed by atoms with Gasteiger partial charge in [0, 0.05) is 13.6 Å². The number of imide groups is 1. The molecule has 1 rings (SSSR count). The van der Waals surface area contributed by atoms with Crippen molar-refractivity contribution in [3.8, 4) is 6.19 Å². The van der Waals surface area contributed by atoms with Crippen LogP contribution in [0.1, 0.15) is 26.3 Å². The van der Waals surface area contributed by atoms with Gasteiger partial charge < -0.3 is 4.74 Å². The fraction of sp³-hybridized carbons (Fsp3) is 0.438. The van der Waals surface area contributed by atoms with E-state index in [0.717, 1.165) is 15.4 Å². The zero-order valence-electron chi connectivity index (χ0n) is 13.4. The Labute approximate surface area is 130 Å². The second kappa shape index (κ2) is 7.46. The van der Waals surface area contributed by atoms with Crippen molar-refractivity contribution in [3.05, 3.63) is 35.9 Å². The highest BCUT2D eigenvalue weighted by molar-refractivity contribution is 5.91. The Morgan fingerprint density at radius 1 is 1.23 bits per heavy atom. The zero-order valence-corrected chi connectivity index (χ0v) is 13.4. The molecule has 22 heavy (non-hydrogen) atoms. The molecule has 3 amide bonds. The van der Waals surface area contributed by atoms with Crippen molar-refractivity contribution in [2.75, 3.05) is 13.6 Å². The van der Waals surface area contributed by atoms with Crippen molar-refractivity contribution < 1.29 is 14.3 Å². The smallest absolute Gasteiger partial charge is 0.418 e. The summed E-state index contributed by atoms with van der Waals surface area (Å²) in [7, 11) is 1.31. The first-order valence-electron chi connectivity index (χ1n) is 6.96. The molecule has 0 aliphatic heterocycles. The van der Waals surface area contributed by atoms with Crippen molar-refractivity contribution >= 4 is 12.1 Å². The molecule has 118 valence electrons. The number of hydrogen-bond donors (Lipinski definition) is 0. The van der Waals surface area contributed by atoms with Gasteiger partial charge in [-0.25, -0.2) is 19.4 Å². The number of rotatable bonds is 3. The number of nitriles is 1. The van der Waals surface area contributed by atoms with Crippen LogP contribution in [0, 0.1) is 11.5 Å². The predicted octanol–water partition coefficient (Wildman–Crippen LogP) is 3.00. The van der Waals surface area contributed by atoms with Crippen LogP contribution in [0.2, 0.25) is 0 Å². The molecule has 0 fully saturated rings. The molecule has 1 aromatic carbocycles. The molecule has 0 aliphatic carbocycles. The van der Waals surface area contributed by atoms with Crippen LogP contribution < -0.4 is 0 Å². The van der Waals surface area contributed by atoms with Crippen LogP contribution in [-0.2, 0) is 11.2 Å². The summed E-state index contributed by atoms with van der Waals surface area (Å²) in [6, 6.07) is 8.78. The number of urea groups is 1. The Bertz CT molecular complexity index is 558. The number of ether oxygens (including phenoxy) is 1. The fourth-order valence-electron chi connectivity index (χ4n) is 1.69. The van der Waals surface area contributed by atoms with E-state index in [1.165, 1.54) is 7.05 Å². The van der Waals surface area contributed by atoms with Crippen LogP contribution in [0.25, 0.3) is 0 Å². The van der Waals surface area contributed by atoms with Gasteiger partial charge >= 0.3 is 12.1 Å². The van der Waals surface area contributed by atoms with Gasteiger partial charge in [0.1, 0.15) is 5.60 Å². The van der Waals surface area contributed by atoms with E-state index >= 15 is 0 Å². The molecule has 0 bridgehead atoms. The maximum atomic E-state index is 12.2. The highest BCUT2D eigenvalue weighted by atomic mass is 16.6. The van der Waals surface area contributed by atoms with Gasteiger partial charge in [0.2, 0.25) is 0 Å². The Kier molecular flexibility index (Phi) is 5.93. The Morgan fingerprint density at radius 3 is 2.32 bits per heavy atom. The zero-order chi connectivity index (χ0) is 16.8. The van der Waals surface area contributed by atoms with Crippen molar-refractivity contribution in [2.45, 2.75) is 32.8 Å². The average Bonchev–Trinajstić information content (AvgIpc) is 2.45. The molecule has 0 unspecified atom stereocenters. The van der Waals surface area contributed by atoms with Crippen LogP contribution >= 0.6 is 0 Å². The molecule has 0 aromatic heterocycles. The average molecular weight is 303 g/mol. The lowest BCUT2D eigenvalue weighted by molar-refractivity contribution is 0.0306. The van der Waals surface area contributed by atoms with E-state index in [1.807, 2.05) is 30.3 Å². The molecule has 6 nitrogen and oxygen atoms in total. The van der Waals surface area contributed by atoms with Crippen molar-refractivity contribution in [1.29, 1.82) is 5.26 Å². The molecule has 0 saturated carbocycles. The van der Waals surface area contributed by atoms with Crippen LogP contribution in [0.15, 0.2) is 30.3 Å². The number of benzene rings is 1. The first-order chi connectivity index (χ1) is 10.2. The fourth-order valence-corrected chi connectivity index (χ4v) is 1.69. The van der Waals surface area contributed by atoms with Crippen LogP contribution in [-0.4, -0.2) is 41.1 Å². The number of amides is 3. The minimum absolute atomic E-state index is 0.143. The molecule has 0 aliphatic rings. The molecule has 0 saturated heterocycles. The summed E-state index contributed by atoms with van der Waals surface area (Å²) in [4.78, 5) is 26.1. The second-order valence-corrected chi connectivity index (χ2v) is 5.81. The highest BCUT2D eigenvalue weighted by Gasteiger charge is 2.29. The van der Waals surface area contributed by atoms with Gasteiger partial charge in [-0.2, -0.15) is 5.26 Å². The van der Waals surface area contributed by atoms with E-state index in [2.05, 4.69) is 0 Å². The molecule has 0 radical (unpaired) electrons. The number of nitrogens with zero attached hydrogens (tertiary/aromatic N) is 3. The van der Waals surface area contributed by atoms with E-state index in [-0.39, 0.29) is 6.54 Å². The third-order valence-corrected chi connectivity index (χ3v) is 2.75. The topological polar surface area (TPSA) is 73.6 Å². The van der Waals surface area contributed by atoms with Crippen molar-refractivity contribution in [3.63, 3.8) is 0 Å². The largest absolute Gasteiger partial charge is 0.443 e. The molecular weight excluding hydrogens is 282 g/mol. The van der Waals surface area contributed by atoms with Crippen molar-refractivity contribution in [2.24, 2.45) is 0 Å². The minimum atomic E-state index is -0.754. The molecule has 0 N–H and O–H groups in total. The summed E-state index contributed by atoms with van der Waals surface area (Å²) in [6.07, 6.45) is 1.43. The van der Waals surface area contributed by atoms with E-state index in [9.17, 15) is 9.59 Å². The third kappa shape index (κ3) is 5.44. The van der Waals surface area contributed by atoms with Gasteiger partial charge in [-0.05, 0) is 32.8 Å². The molecule has 0 heterocycles. The van der Waals surface area contributed by atoms with E-state index in [0.29, 0.717) is 6.42 Å². The van der Waals surface area contributed by atoms with Gasteiger partial charge in [-0.15, -0.1) is 0 Å². The van der Waals surface area contributed by atoms with Gasteiger partial charge in [-0.3, -0.25) is 0 Å². The Hall–Kier alpha value is -2.55.